The van der Waals surface area contributed by atoms with Gasteiger partial charge in [0, 0.05) is 11.8 Å². The molecule has 0 amide bonds. The zero-order valence-corrected chi connectivity index (χ0v) is 16.0. The average Bonchev–Trinajstić information content (AvgIpc) is 3.21. The Morgan fingerprint density at radius 3 is 2.39 bits per heavy atom. The van der Waals surface area contributed by atoms with Gasteiger partial charge in [0.25, 0.3) is 0 Å². The van der Waals surface area contributed by atoms with Crippen LogP contribution in [0.25, 0.3) is 0 Å². The standard InChI is InChI=1S/C21H36F2/c1-7-16(12-15(4)5)10-11-17(8-2)21-14-20(21,18(21)9-3)13-19(6,22)23/h8,15-16,18H,7,9-14H2,1-6H3/b17-8-. The van der Waals surface area contributed by atoms with Gasteiger partial charge in [-0.25, -0.2) is 8.78 Å². The van der Waals surface area contributed by atoms with Gasteiger partial charge in [-0.05, 0) is 62.7 Å². The SMILES string of the molecule is C/C=C(/CCC(CC)CC(C)C)C12CC1(CC(C)(F)F)C2CC. The molecule has 0 aromatic heterocycles. The number of allylic oxidation sites excluding steroid dienone is 2. The highest BCUT2D eigenvalue weighted by Gasteiger charge is 2.90. The lowest BCUT2D eigenvalue weighted by molar-refractivity contribution is -0.00322. The molecular formula is C21H36F2. The van der Waals surface area contributed by atoms with E-state index in [0.29, 0.717) is 5.92 Å². The molecule has 0 aromatic rings. The van der Waals surface area contributed by atoms with E-state index in [-0.39, 0.29) is 17.3 Å². The van der Waals surface area contributed by atoms with Crippen LogP contribution in [0.2, 0.25) is 0 Å². The van der Waals surface area contributed by atoms with Gasteiger partial charge in [-0.15, -0.1) is 0 Å². The summed E-state index contributed by atoms with van der Waals surface area (Å²) in [6, 6.07) is 0. The third-order valence-electron chi connectivity index (χ3n) is 6.70. The van der Waals surface area contributed by atoms with E-state index >= 15 is 0 Å². The highest BCUT2D eigenvalue weighted by molar-refractivity contribution is 5.48. The molecular weight excluding hydrogens is 290 g/mol. The van der Waals surface area contributed by atoms with Gasteiger partial charge in [0.2, 0.25) is 5.92 Å². The normalized spacial score (nSPS) is 34.5. The van der Waals surface area contributed by atoms with Crippen LogP contribution in [0.3, 0.4) is 0 Å². The Balaban J connectivity index is 2.00. The van der Waals surface area contributed by atoms with E-state index < -0.39 is 5.92 Å². The van der Waals surface area contributed by atoms with Crippen LogP contribution in [-0.4, -0.2) is 5.92 Å². The van der Waals surface area contributed by atoms with E-state index in [1.165, 1.54) is 24.8 Å². The monoisotopic (exact) mass is 326 g/mol. The first-order valence-corrected chi connectivity index (χ1v) is 9.70. The second kappa shape index (κ2) is 6.48. The van der Waals surface area contributed by atoms with E-state index in [9.17, 15) is 8.78 Å². The van der Waals surface area contributed by atoms with Gasteiger partial charge in [-0.3, -0.25) is 0 Å². The summed E-state index contributed by atoms with van der Waals surface area (Å²) in [6.45, 7) is 12.3. The summed E-state index contributed by atoms with van der Waals surface area (Å²) in [5.74, 6) is -0.484. The summed E-state index contributed by atoms with van der Waals surface area (Å²) >= 11 is 0. The molecule has 4 unspecified atom stereocenters. The fourth-order valence-corrected chi connectivity index (χ4v) is 5.76. The van der Waals surface area contributed by atoms with Crippen LogP contribution in [0.5, 0.6) is 0 Å². The van der Waals surface area contributed by atoms with Crippen LogP contribution in [0, 0.1) is 28.6 Å². The van der Waals surface area contributed by atoms with Crippen molar-refractivity contribution in [1.82, 2.24) is 0 Å². The summed E-state index contributed by atoms with van der Waals surface area (Å²) < 4.78 is 27.2. The highest BCUT2D eigenvalue weighted by Crippen LogP contribution is 2.95. The van der Waals surface area contributed by atoms with Crippen molar-refractivity contribution in [2.45, 2.75) is 92.4 Å². The Bertz CT molecular complexity index is 445. The van der Waals surface area contributed by atoms with Gasteiger partial charge < -0.3 is 0 Å². The van der Waals surface area contributed by atoms with Crippen LogP contribution >= 0.6 is 0 Å². The Morgan fingerprint density at radius 2 is 1.96 bits per heavy atom. The Kier molecular flexibility index (Phi) is 5.34. The largest absolute Gasteiger partial charge is 0.246 e. The molecule has 0 N–H and O–H groups in total. The van der Waals surface area contributed by atoms with Crippen molar-refractivity contribution in [2.75, 3.05) is 0 Å². The van der Waals surface area contributed by atoms with E-state index in [1.54, 1.807) is 0 Å². The zero-order chi connectivity index (χ0) is 17.5. The highest BCUT2D eigenvalue weighted by atomic mass is 19.3. The molecule has 0 aromatic carbocycles. The molecule has 2 heteroatoms. The molecule has 0 spiro atoms. The van der Waals surface area contributed by atoms with Crippen LogP contribution in [-0.2, 0) is 0 Å². The van der Waals surface area contributed by atoms with Crippen molar-refractivity contribution in [2.24, 2.45) is 28.6 Å². The molecule has 0 radical (unpaired) electrons. The molecule has 2 aliphatic rings. The van der Waals surface area contributed by atoms with Crippen molar-refractivity contribution in [1.29, 1.82) is 0 Å². The van der Waals surface area contributed by atoms with E-state index in [2.05, 4.69) is 40.7 Å². The van der Waals surface area contributed by atoms with Gasteiger partial charge in [-0.2, -0.15) is 0 Å². The molecule has 0 aliphatic heterocycles. The second-order valence-corrected chi connectivity index (χ2v) is 8.77. The molecule has 2 fully saturated rings. The average molecular weight is 327 g/mol. The minimum atomic E-state index is -2.52. The Labute approximate surface area is 142 Å². The third kappa shape index (κ3) is 3.37. The molecule has 4 atom stereocenters. The van der Waals surface area contributed by atoms with Gasteiger partial charge in [0.15, 0.2) is 0 Å². The number of fused-ring (bicyclic) bond motifs is 1. The summed E-state index contributed by atoms with van der Waals surface area (Å²) in [5.41, 5.74) is 1.60. The van der Waals surface area contributed by atoms with Crippen LogP contribution in [0.4, 0.5) is 8.78 Å². The van der Waals surface area contributed by atoms with Crippen LogP contribution in [0.15, 0.2) is 11.6 Å². The maximum Gasteiger partial charge on any atom is 0.246 e. The molecule has 0 bridgehead atoms. The zero-order valence-electron chi connectivity index (χ0n) is 16.0. The predicted molar refractivity (Wildman–Crippen MR) is 94.7 cm³/mol. The number of rotatable bonds is 10. The lowest BCUT2D eigenvalue weighted by Crippen LogP contribution is -2.15. The fourth-order valence-electron chi connectivity index (χ4n) is 5.76. The number of halogens is 2. The number of hydrogen-bond acceptors (Lipinski definition) is 0. The van der Waals surface area contributed by atoms with E-state index in [1.807, 2.05) is 0 Å². The van der Waals surface area contributed by atoms with Gasteiger partial charge in [0.1, 0.15) is 0 Å². The second-order valence-electron chi connectivity index (χ2n) is 8.77. The Hall–Kier alpha value is -0.400. The first kappa shape index (κ1) is 18.9. The lowest BCUT2D eigenvalue weighted by Gasteiger charge is -2.20. The van der Waals surface area contributed by atoms with Crippen LogP contribution in [0.1, 0.15) is 86.5 Å². The third-order valence-corrected chi connectivity index (χ3v) is 6.70. The summed E-state index contributed by atoms with van der Waals surface area (Å²) in [5, 5.41) is 0. The molecule has 0 nitrogen and oxygen atoms in total. The van der Waals surface area contributed by atoms with Crippen molar-refractivity contribution in [3.8, 4) is 0 Å². The molecule has 2 rings (SSSR count). The fraction of sp³-hybridized carbons (Fsp3) is 0.905. The minimum absolute atomic E-state index is 0.0540. The first-order valence-electron chi connectivity index (χ1n) is 9.70. The molecule has 2 aliphatic carbocycles. The van der Waals surface area contributed by atoms with E-state index in [0.717, 1.165) is 38.0 Å². The predicted octanol–water partition coefficient (Wildman–Crippen LogP) is 7.25. The smallest absolute Gasteiger partial charge is 0.207 e. The maximum atomic E-state index is 13.6. The Morgan fingerprint density at radius 1 is 1.30 bits per heavy atom. The molecule has 134 valence electrons. The first-order chi connectivity index (χ1) is 10.7. The minimum Gasteiger partial charge on any atom is -0.207 e. The van der Waals surface area contributed by atoms with Gasteiger partial charge in [0.05, 0.1) is 0 Å². The summed E-state index contributed by atoms with van der Waals surface area (Å²) in [6.07, 6.45) is 9.29. The van der Waals surface area contributed by atoms with Crippen molar-refractivity contribution < 1.29 is 8.78 Å². The van der Waals surface area contributed by atoms with Gasteiger partial charge >= 0.3 is 0 Å². The molecule has 0 heterocycles. The lowest BCUT2D eigenvalue weighted by atomic mass is 9.85. The quantitative estimate of drug-likeness (QED) is 0.371. The summed E-state index contributed by atoms with van der Waals surface area (Å²) in [4.78, 5) is 0. The van der Waals surface area contributed by atoms with Crippen molar-refractivity contribution >= 4 is 0 Å². The summed E-state index contributed by atoms with van der Waals surface area (Å²) in [7, 11) is 0. The number of hydrogen-bond donors (Lipinski definition) is 0. The van der Waals surface area contributed by atoms with Crippen LogP contribution < -0.4 is 0 Å². The molecule has 2 saturated carbocycles. The van der Waals surface area contributed by atoms with Crippen molar-refractivity contribution in [3.05, 3.63) is 11.6 Å². The molecule has 23 heavy (non-hydrogen) atoms. The van der Waals surface area contributed by atoms with Crippen molar-refractivity contribution in [3.63, 3.8) is 0 Å². The number of alkyl halides is 2. The van der Waals surface area contributed by atoms with Gasteiger partial charge in [-0.1, -0.05) is 52.2 Å². The van der Waals surface area contributed by atoms with E-state index in [4.69, 9.17) is 0 Å². The molecule has 0 saturated heterocycles. The topological polar surface area (TPSA) is 0 Å². The maximum absolute atomic E-state index is 13.6.